The zero-order chi connectivity index (χ0) is 16.9. The van der Waals surface area contributed by atoms with E-state index < -0.39 is 16.0 Å². The molecule has 0 amide bonds. The highest BCUT2D eigenvalue weighted by atomic mass is 32.2. The molecule has 120 valence electrons. The minimum atomic E-state index is -1.78. The first kappa shape index (κ1) is 16.3. The molecule has 24 heavy (non-hydrogen) atoms. The average molecular weight is 336 g/mol. The fourth-order valence-electron chi connectivity index (χ4n) is 2.36. The van der Waals surface area contributed by atoms with Gasteiger partial charge < -0.3 is 0 Å². The molecule has 0 unspecified atom stereocenters. The van der Waals surface area contributed by atoms with Gasteiger partial charge in [-0.3, -0.25) is 0 Å². The molecule has 0 spiro atoms. The molecule has 0 aliphatic heterocycles. The van der Waals surface area contributed by atoms with Gasteiger partial charge in [0.1, 0.15) is 10.8 Å². The van der Waals surface area contributed by atoms with E-state index in [1.807, 2.05) is 73.7 Å². The Balaban J connectivity index is 1.80. The number of hydrogen-bond acceptors (Lipinski definition) is 1. The van der Waals surface area contributed by atoms with E-state index in [9.17, 15) is 8.60 Å². The third-order valence-electron chi connectivity index (χ3n) is 3.71. The molecule has 1 atom stereocenters. The molecule has 0 heterocycles. The average Bonchev–Trinajstić information content (AvgIpc) is 2.63. The highest BCUT2D eigenvalue weighted by molar-refractivity contribution is 7.89. The number of halogens is 1. The molecule has 0 radical (unpaired) electrons. The second kappa shape index (κ2) is 7.37. The molecule has 0 aliphatic carbocycles. The van der Waals surface area contributed by atoms with Crippen molar-refractivity contribution in [2.45, 2.75) is 11.8 Å². The van der Waals surface area contributed by atoms with E-state index >= 15 is 0 Å². The summed E-state index contributed by atoms with van der Waals surface area (Å²) < 4.78 is 26.5. The van der Waals surface area contributed by atoms with Gasteiger partial charge >= 0.3 is 0 Å². The molecule has 0 bridgehead atoms. The second-order valence-corrected chi connectivity index (χ2v) is 6.92. The first-order valence-corrected chi connectivity index (χ1v) is 8.79. The molecule has 1 nitrogen and oxygen atoms in total. The maximum atomic E-state index is 14.3. The lowest BCUT2D eigenvalue weighted by Gasteiger charge is -2.03. The number of benzene rings is 3. The van der Waals surface area contributed by atoms with Crippen LogP contribution in [0.1, 0.15) is 11.1 Å². The van der Waals surface area contributed by atoms with Gasteiger partial charge in [0, 0.05) is 4.90 Å². The van der Waals surface area contributed by atoms with Crippen molar-refractivity contribution in [3.05, 3.63) is 95.1 Å². The molecular weight excluding hydrogens is 319 g/mol. The molecule has 3 aromatic carbocycles. The van der Waals surface area contributed by atoms with Crippen LogP contribution >= 0.6 is 0 Å². The van der Waals surface area contributed by atoms with Crippen molar-refractivity contribution in [3.8, 4) is 11.1 Å². The molecule has 0 N–H and O–H groups in total. The third kappa shape index (κ3) is 3.87. The van der Waals surface area contributed by atoms with Crippen molar-refractivity contribution in [1.29, 1.82) is 0 Å². The summed E-state index contributed by atoms with van der Waals surface area (Å²) in [6.07, 6.45) is 1.32. The summed E-state index contributed by atoms with van der Waals surface area (Å²) in [5.74, 6) is 0. The fourth-order valence-corrected chi connectivity index (χ4v) is 3.21. The Morgan fingerprint density at radius 2 is 1.42 bits per heavy atom. The van der Waals surface area contributed by atoms with Gasteiger partial charge in [0.15, 0.2) is 5.16 Å². The van der Waals surface area contributed by atoms with Gasteiger partial charge in [0.25, 0.3) is 0 Å². The minimum absolute atomic E-state index is 0.468. The lowest BCUT2D eigenvalue weighted by Crippen LogP contribution is -1.92. The second-order valence-electron chi connectivity index (χ2n) is 5.52. The van der Waals surface area contributed by atoms with Crippen LogP contribution in [-0.4, -0.2) is 4.21 Å². The van der Waals surface area contributed by atoms with Crippen LogP contribution in [0.2, 0.25) is 0 Å². The predicted octanol–water partition coefficient (Wildman–Crippen LogP) is 5.74. The Morgan fingerprint density at radius 3 is 2.04 bits per heavy atom. The Hall–Kier alpha value is -2.52. The molecule has 0 aliphatic rings. The SMILES string of the molecule is Cc1ccc([S@@](=O)/C(F)=C\c2ccc(-c3ccccc3)cc2)cc1. The summed E-state index contributed by atoms with van der Waals surface area (Å²) >= 11 is 0. The van der Waals surface area contributed by atoms with Crippen molar-refractivity contribution in [1.82, 2.24) is 0 Å². The van der Waals surface area contributed by atoms with Gasteiger partial charge in [-0.1, -0.05) is 72.3 Å². The van der Waals surface area contributed by atoms with Crippen LogP contribution in [0, 0.1) is 6.92 Å². The van der Waals surface area contributed by atoms with E-state index in [4.69, 9.17) is 0 Å². The molecule has 3 aromatic rings. The van der Waals surface area contributed by atoms with E-state index in [1.54, 1.807) is 12.1 Å². The fraction of sp³-hybridized carbons (Fsp3) is 0.0476. The minimum Gasteiger partial charge on any atom is -0.247 e. The first-order chi connectivity index (χ1) is 11.6. The largest absolute Gasteiger partial charge is 0.247 e. The van der Waals surface area contributed by atoms with Crippen LogP contribution in [0.15, 0.2) is 88.9 Å². The number of hydrogen-bond donors (Lipinski definition) is 0. The standard InChI is InChI=1S/C21H17FOS/c1-16-7-13-20(14-8-16)24(23)21(22)15-17-9-11-19(12-10-17)18-5-3-2-4-6-18/h2-15H,1H3/b21-15-/t24-/m1/s1. The third-order valence-corrected chi connectivity index (χ3v) is 4.88. The van der Waals surface area contributed by atoms with Gasteiger partial charge in [-0.2, -0.15) is 4.39 Å². The first-order valence-electron chi connectivity index (χ1n) is 7.64. The van der Waals surface area contributed by atoms with Gasteiger partial charge in [0.05, 0.1) is 0 Å². The smallest absolute Gasteiger partial charge is 0.192 e. The molecule has 0 aromatic heterocycles. The van der Waals surface area contributed by atoms with E-state index in [2.05, 4.69) is 0 Å². The van der Waals surface area contributed by atoms with E-state index in [-0.39, 0.29) is 0 Å². The molecule has 3 rings (SSSR count). The van der Waals surface area contributed by atoms with Crippen LogP contribution in [0.4, 0.5) is 4.39 Å². The van der Waals surface area contributed by atoms with Crippen LogP contribution in [0.3, 0.4) is 0 Å². The van der Waals surface area contributed by atoms with Crippen molar-refractivity contribution in [2.24, 2.45) is 0 Å². The van der Waals surface area contributed by atoms with Crippen molar-refractivity contribution in [2.75, 3.05) is 0 Å². The lowest BCUT2D eigenvalue weighted by molar-refractivity contribution is 0.653. The Bertz CT molecular complexity index is 866. The van der Waals surface area contributed by atoms with Crippen LogP contribution in [-0.2, 0) is 10.8 Å². The van der Waals surface area contributed by atoms with Gasteiger partial charge in [0.2, 0.25) is 0 Å². The zero-order valence-corrected chi connectivity index (χ0v) is 14.1. The van der Waals surface area contributed by atoms with Gasteiger partial charge in [-0.05, 0) is 41.8 Å². The summed E-state index contributed by atoms with van der Waals surface area (Å²) in [7, 11) is -1.78. The monoisotopic (exact) mass is 336 g/mol. The summed E-state index contributed by atoms with van der Waals surface area (Å²) in [6, 6.07) is 24.5. The highest BCUT2D eigenvalue weighted by Gasteiger charge is 2.10. The highest BCUT2D eigenvalue weighted by Crippen LogP contribution is 2.22. The molecule has 0 saturated heterocycles. The zero-order valence-electron chi connectivity index (χ0n) is 13.3. The lowest BCUT2D eigenvalue weighted by atomic mass is 10.0. The topological polar surface area (TPSA) is 17.1 Å². The van der Waals surface area contributed by atoms with Gasteiger partial charge in [-0.25, -0.2) is 4.21 Å². The Morgan fingerprint density at radius 1 is 0.833 bits per heavy atom. The van der Waals surface area contributed by atoms with Crippen molar-refractivity contribution < 1.29 is 8.60 Å². The van der Waals surface area contributed by atoms with E-state index in [0.29, 0.717) is 10.5 Å². The number of rotatable bonds is 4. The predicted molar refractivity (Wildman–Crippen MR) is 98.6 cm³/mol. The molecular formula is C21H17FOS. The van der Waals surface area contributed by atoms with Crippen LogP contribution in [0.5, 0.6) is 0 Å². The summed E-state index contributed by atoms with van der Waals surface area (Å²) in [6.45, 7) is 1.94. The quantitative estimate of drug-likeness (QED) is 0.594. The summed E-state index contributed by atoms with van der Waals surface area (Å²) in [5.41, 5.74) is 3.91. The summed E-state index contributed by atoms with van der Waals surface area (Å²) in [4.78, 5) is 0.468. The molecule has 0 saturated carbocycles. The van der Waals surface area contributed by atoms with Crippen LogP contribution in [0.25, 0.3) is 17.2 Å². The summed E-state index contributed by atoms with van der Waals surface area (Å²) in [5, 5.41) is -0.647. The molecule has 0 fully saturated rings. The van der Waals surface area contributed by atoms with Crippen molar-refractivity contribution in [3.63, 3.8) is 0 Å². The van der Waals surface area contributed by atoms with E-state index in [1.165, 1.54) is 6.08 Å². The number of aryl methyl sites for hydroxylation is 1. The van der Waals surface area contributed by atoms with Crippen molar-refractivity contribution >= 4 is 16.9 Å². The molecule has 3 heteroatoms. The maximum absolute atomic E-state index is 14.3. The normalized spacial score (nSPS) is 12.8. The maximum Gasteiger partial charge on any atom is 0.192 e. The Kier molecular flexibility index (Phi) is 5.02. The van der Waals surface area contributed by atoms with Crippen LogP contribution < -0.4 is 0 Å². The van der Waals surface area contributed by atoms with Gasteiger partial charge in [-0.15, -0.1) is 0 Å². The van der Waals surface area contributed by atoms with E-state index in [0.717, 1.165) is 16.7 Å². The Labute approximate surface area is 143 Å².